The lowest BCUT2D eigenvalue weighted by Crippen LogP contribution is -1.97. The quantitative estimate of drug-likeness (QED) is 0.911. The van der Waals surface area contributed by atoms with Gasteiger partial charge in [-0.2, -0.15) is 5.26 Å². The van der Waals surface area contributed by atoms with Gasteiger partial charge in [-0.1, -0.05) is 29.8 Å². The third kappa shape index (κ3) is 3.25. The smallest absolute Gasteiger partial charge is 0.0992 e. The highest BCUT2D eigenvalue weighted by Crippen LogP contribution is 2.28. The zero-order valence-corrected chi connectivity index (χ0v) is 11.2. The molecule has 0 atom stereocenters. The molecule has 0 aromatic heterocycles. The lowest BCUT2D eigenvalue weighted by molar-refractivity contribution is 0.185. The van der Waals surface area contributed by atoms with E-state index >= 15 is 0 Å². The molecular weight excluding hydrogens is 260 g/mol. The molecule has 0 spiro atoms. The van der Waals surface area contributed by atoms with Crippen molar-refractivity contribution in [2.24, 2.45) is 0 Å². The van der Waals surface area contributed by atoms with Crippen LogP contribution in [0.15, 0.2) is 42.5 Å². The van der Waals surface area contributed by atoms with Gasteiger partial charge >= 0.3 is 0 Å². The Morgan fingerprint density at radius 2 is 2.00 bits per heavy atom. The summed E-state index contributed by atoms with van der Waals surface area (Å²) in [5.74, 6) is 0. The first-order chi connectivity index (χ1) is 9.24. The van der Waals surface area contributed by atoms with E-state index in [1.807, 2.05) is 24.3 Å². The van der Waals surface area contributed by atoms with Crippen LogP contribution in [0.3, 0.4) is 0 Å². The van der Waals surface area contributed by atoms with E-state index in [0.717, 1.165) is 16.9 Å². The summed E-state index contributed by atoms with van der Waals surface area (Å²) in [4.78, 5) is 0. The van der Waals surface area contributed by atoms with Crippen molar-refractivity contribution in [1.82, 2.24) is 0 Å². The van der Waals surface area contributed by atoms with Gasteiger partial charge in [0.1, 0.15) is 0 Å². The standard InChI is InChI=1S/C15H13ClN2O/c1-19-10-12-4-2-3-5-14(12)18-15-7-6-11(9-17)8-13(15)16/h2-8,18H,10H2,1H3. The maximum absolute atomic E-state index is 8.81. The van der Waals surface area contributed by atoms with Gasteiger partial charge in [0.2, 0.25) is 0 Å². The van der Waals surface area contributed by atoms with Crippen LogP contribution in [0.1, 0.15) is 11.1 Å². The molecule has 2 aromatic carbocycles. The number of nitriles is 1. The maximum atomic E-state index is 8.81. The zero-order chi connectivity index (χ0) is 13.7. The van der Waals surface area contributed by atoms with E-state index in [2.05, 4.69) is 11.4 Å². The minimum Gasteiger partial charge on any atom is -0.380 e. The Kier molecular flexibility index (Phi) is 4.40. The number of nitrogens with zero attached hydrogens (tertiary/aromatic N) is 1. The van der Waals surface area contributed by atoms with Crippen LogP contribution in [-0.4, -0.2) is 7.11 Å². The highest BCUT2D eigenvalue weighted by molar-refractivity contribution is 6.33. The Balaban J connectivity index is 2.29. The largest absolute Gasteiger partial charge is 0.380 e. The van der Waals surface area contributed by atoms with E-state index in [1.165, 1.54) is 0 Å². The van der Waals surface area contributed by atoms with E-state index in [0.29, 0.717) is 17.2 Å². The summed E-state index contributed by atoms with van der Waals surface area (Å²) in [6, 6.07) is 15.1. The highest BCUT2D eigenvalue weighted by atomic mass is 35.5. The van der Waals surface area contributed by atoms with Crippen molar-refractivity contribution in [3.05, 3.63) is 58.6 Å². The SMILES string of the molecule is COCc1ccccc1Nc1ccc(C#N)cc1Cl. The van der Waals surface area contributed by atoms with Crippen LogP contribution in [0, 0.1) is 11.3 Å². The summed E-state index contributed by atoms with van der Waals surface area (Å²) >= 11 is 6.14. The third-order valence-electron chi connectivity index (χ3n) is 2.68. The molecule has 0 aliphatic carbocycles. The molecule has 2 aromatic rings. The third-order valence-corrected chi connectivity index (χ3v) is 3.00. The second-order valence-electron chi connectivity index (χ2n) is 4.02. The number of benzene rings is 2. The number of halogens is 1. The molecule has 0 bridgehead atoms. The van der Waals surface area contributed by atoms with Gasteiger partial charge in [0, 0.05) is 18.4 Å². The summed E-state index contributed by atoms with van der Waals surface area (Å²) in [6.45, 7) is 0.525. The van der Waals surface area contributed by atoms with Gasteiger partial charge in [0.05, 0.1) is 28.9 Å². The number of anilines is 2. The maximum Gasteiger partial charge on any atom is 0.0992 e. The van der Waals surface area contributed by atoms with Gasteiger partial charge in [-0.3, -0.25) is 0 Å². The van der Waals surface area contributed by atoms with Crippen LogP contribution in [-0.2, 0) is 11.3 Å². The number of rotatable bonds is 4. The van der Waals surface area contributed by atoms with Crippen LogP contribution in [0.2, 0.25) is 5.02 Å². The van der Waals surface area contributed by atoms with Crippen molar-refractivity contribution in [3.8, 4) is 6.07 Å². The summed E-state index contributed by atoms with van der Waals surface area (Å²) < 4.78 is 5.16. The van der Waals surface area contributed by atoms with Crippen molar-refractivity contribution in [2.45, 2.75) is 6.61 Å². The van der Waals surface area contributed by atoms with Gasteiger partial charge in [-0.15, -0.1) is 0 Å². The fraction of sp³-hybridized carbons (Fsp3) is 0.133. The minimum absolute atomic E-state index is 0.520. The molecule has 0 amide bonds. The monoisotopic (exact) mass is 272 g/mol. The fourth-order valence-electron chi connectivity index (χ4n) is 1.75. The molecule has 0 saturated carbocycles. The lowest BCUT2D eigenvalue weighted by Gasteiger charge is -2.12. The second kappa shape index (κ2) is 6.24. The van der Waals surface area contributed by atoms with Crippen molar-refractivity contribution in [2.75, 3.05) is 12.4 Å². The zero-order valence-electron chi connectivity index (χ0n) is 10.5. The molecule has 0 fully saturated rings. The Morgan fingerprint density at radius 3 is 2.68 bits per heavy atom. The molecule has 3 nitrogen and oxygen atoms in total. The average molecular weight is 273 g/mol. The Labute approximate surface area is 117 Å². The summed E-state index contributed by atoms with van der Waals surface area (Å²) in [7, 11) is 1.66. The molecule has 0 heterocycles. The van der Waals surface area contributed by atoms with Gasteiger partial charge in [-0.25, -0.2) is 0 Å². The van der Waals surface area contributed by atoms with E-state index in [1.54, 1.807) is 25.3 Å². The number of hydrogen-bond acceptors (Lipinski definition) is 3. The fourth-order valence-corrected chi connectivity index (χ4v) is 1.98. The summed E-state index contributed by atoms with van der Waals surface area (Å²) in [5.41, 5.74) is 3.30. The molecule has 19 heavy (non-hydrogen) atoms. The first kappa shape index (κ1) is 13.4. The van der Waals surface area contributed by atoms with E-state index in [9.17, 15) is 0 Å². The van der Waals surface area contributed by atoms with Crippen molar-refractivity contribution in [3.63, 3.8) is 0 Å². The number of hydrogen-bond donors (Lipinski definition) is 1. The Bertz CT molecular complexity index is 620. The molecule has 0 unspecified atom stereocenters. The molecule has 0 aliphatic heterocycles. The number of nitrogens with one attached hydrogen (secondary N) is 1. The van der Waals surface area contributed by atoms with Crippen LogP contribution in [0.5, 0.6) is 0 Å². The van der Waals surface area contributed by atoms with E-state index in [4.69, 9.17) is 21.6 Å². The normalized spacial score (nSPS) is 9.95. The predicted molar refractivity (Wildman–Crippen MR) is 76.6 cm³/mol. The first-order valence-electron chi connectivity index (χ1n) is 5.78. The predicted octanol–water partition coefficient (Wildman–Crippen LogP) is 4.10. The Morgan fingerprint density at radius 1 is 1.21 bits per heavy atom. The van der Waals surface area contributed by atoms with Gasteiger partial charge < -0.3 is 10.1 Å². The summed E-state index contributed by atoms with van der Waals surface area (Å²) in [6.07, 6.45) is 0. The molecule has 0 radical (unpaired) electrons. The molecule has 96 valence electrons. The lowest BCUT2D eigenvalue weighted by atomic mass is 10.1. The molecule has 0 saturated heterocycles. The molecular formula is C15H13ClN2O. The van der Waals surface area contributed by atoms with Crippen molar-refractivity contribution < 1.29 is 4.74 Å². The number of para-hydroxylation sites is 1. The van der Waals surface area contributed by atoms with Crippen LogP contribution in [0.4, 0.5) is 11.4 Å². The molecule has 2 rings (SSSR count). The highest BCUT2D eigenvalue weighted by Gasteiger charge is 2.05. The minimum atomic E-state index is 0.520. The molecule has 1 N–H and O–H groups in total. The van der Waals surface area contributed by atoms with E-state index in [-0.39, 0.29) is 0 Å². The Hall–Kier alpha value is -2.02. The molecule has 0 aliphatic rings. The topological polar surface area (TPSA) is 45.0 Å². The average Bonchev–Trinajstić information content (AvgIpc) is 2.43. The van der Waals surface area contributed by atoms with E-state index < -0.39 is 0 Å². The van der Waals surface area contributed by atoms with Crippen molar-refractivity contribution >= 4 is 23.0 Å². The van der Waals surface area contributed by atoms with Crippen LogP contribution in [0.25, 0.3) is 0 Å². The van der Waals surface area contributed by atoms with Crippen LogP contribution >= 0.6 is 11.6 Å². The molecule has 4 heteroatoms. The first-order valence-corrected chi connectivity index (χ1v) is 6.16. The summed E-state index contributed by atoms with van der Waals surface area (Å²) in [5, 5.41) is 12.6. The second-order valence-corrected chi connectivity index (χ2v) is 4.43. The number of ether oxygens (including phenoxy) is 1. The van der Waals surface area contributed by atoms with Gasteiger partial charge in [-0.05, 0) is 24.3 Å². The van der Waals surface area contributed by atoms with Gasteiger partial charge in [0.25, 0.3) is 0 Å². The number of methoxy groups -OCH3 is 1. The van der Waals surface area contributed by atoms with Crippen LogP contribution < -0.4 is 5.32 Å². The van der Waals surface area contributed by atoms with Crippen molar-refractivity contribution in [1.29, 1.82) is 5.26 Å². The van der Waals surface area contributed by atoms with Gasteiger partial charge in [0.15, 0.2) is 0 Å².